The summed E-state index contributed by atoms with van der Waals surface area (Å²) in [6, 6.07) is -4.68. The van der Waals surface area contributed by atoms with Crippen molar-refractivity contribution < 1.29 is 34.2 Å². The number of carboxylic acids is 1. The number of primary amides is 1. The highest BCUT2D eigenvalue weighted by atomic mass is 16.4. The smallest absolute Gasteiger partial charge is 0.326 e. The normalized spacial score (nSPS) is 18.2. The van der Waals surface area contributed by atoms with E-state index in [0.29, 0.717) is 12.1 Å². The van der Waals surface area contributed by atoms with E-state index < -0.39 is 60.4 Å². The second kappa shape index (κ2) is 11.9. The van der Waals surface area contributed by atoms with Crippen molar-refractivity contribution in [3.63, 3.8) is 0 Å². The van der Waals surface area contributed by atoms with Crippen molar-refractivity contribution in [2.24, 2.45) is 11.5 Å². The molecule has 14 heteroatoms. The predicted octanol–water partition coefficient (Wildman–Crippen LogP) is -3.42. The molecule has 4 amide bonds. The van der Waals surface area contributed by atoms with E-state index in [9.17, 15) is 34.2 Å². The monoisotopic (exact) mass is 467 g/mol. The fourth-order valence-electron chi connectivity index (χ4n) is 3.48. The molecule has 0 saturated carbocycles. The van der Waals surface area contributed by atoms with Crippen LogP contribution in [-0.2, 0) is 30.4 Å². The van der Waals surface area contributed by atoms with Crippen LogP contribution in [0.5, 0.6) is 0 Å². The number of aromatic nitrogens is 2. The number of carbonyl (C=O) groups excluding carboxylic acids is 4. The van der Waals surface area contributed by atoms with Crippen LogP contribution < -0.4 is 22.1 Å². The van der Waals surface area contributed by atoms with Gasteiger partial charge in [-0.2, -0.15) is 0 Å². The van der Waals surface area contributed by atoms with Crippen LogP contribution in [-0.4, -0.2) is 92.0 Å². The largest absolute Gasteiger partial charge is 0.480 e. The molecule has 1 fully saturated rings. The molecular formula is C19H29N7O7. The number of nitrogens with two attached hydrogens (primary N) is 2. The number of nitrogens with one attached hydrogen (secondary N) is 3. The van der Waals surface area contributed by atoms with E-state index in [0.717, 1.165) is 0 Å². The second-order valence-electron chi connectivity index (χ2n) is 7.73. The molecule has 0 bridgehead atoms. The molecule has 0 aliphatic carbocycles. The van der Waals surface area contributed by atoms with Gasteiger partial charge < -0.3 is 42.2 Å². The van der Waals surface area contributed by atoms with Crippen LogP contribution in [0.2, 0.25) is 0 Å². The standard InChI is InChI=1S/C19H29N7O7/c20-11(3-4-15(21)28)16(29)25-13(8-27)18(31)26-5-1-2-14(26)17(30)24-12(19(32)33)6-10-7-22-9-23-10/h7,9,11-14,27H,1-6,8,20H2,(H2,21,28)(H,22,23)(H,24,30)(H,25,29)(H,32,33). The highest BCUT2D eigenvalue weighted by Gasteiger charge is 2.39. The molecule has 0 radical (unpaired) electrons. The van der Waals surface area contributed by atoms with Crippen molar-refractivity contribution >= 4 is 29.6 Å². The fourth-order valence-corrected chi connectivity index (χ4v) is 3.48. The molecule has 1 aromatic heterocycles. The molecule has 182 valence electrons. The number of H-pyrrole nitrogens is 1. The van der Waals surface area contributed by atoms with Crippen LogP contribution in [0.4, 0.5) is 0 Å². The van der Waals surface area contributed by atoms with Crippen molar-refractivity contribution in [1.29, 1.82) is 0 Å². The van der Waals surface area contributed by atoms with Gasteiger partial charge in [0.1, 0.15) is 18.1 Å². The van der Waals surface area contributed by atoms with Crippen molar-refractivity contribution in [1.82, 2.24) is 25.5 Å². The maximum Gasteiger partial charge on any atom is 0.326 e. The summed E-state index contributed by atoms with van der Waals surface area (Å²) >= 11 is 0. The molecule has 1 aliphatic heterocycles. The van der Waals surface area contributed by atoms with Gasteiger partial charge in [0.2, 0.25) is 23.6 Å². The van der Waals surface area contributed by atoms with Gasteiger partial charge in [-0.15, -0.1) is 0 Å². The van der Waals surface area contributed by atoms with Gasteiger partial charge in [0.15, 0.2) is 0 Å². The lowest BCUT2D eigenvalue weighted by Gasteiger charge is -2.29. The summed E-state index contributed by atoms with van der Waals surface area (Å²) in [4.78, 5) is 68.1. The number of imidazole rings is 1. The molecule has 1 aromatic rings. The van der Waals surface area contributed by atoms with E-state index in [-0.39, 0.29) is 32.2 Å². The van der Waals surface area contributed by atoms with Crippen LogP contribution in [0.3, 0.4) is 0 Å². The van der Waals surface area contributed by atoms with E-state index in [4.69, 9.17) is 11.5 Å². The van der Waals surface area contributed by atoms with Gasteiger partial charge >= 0.3 is 5.97 Å². The number of nitrogens with zero attached hydrogens (tertiary/aromatic N) is 2. The molecule has 1 aliphatic rings. The molecule has 4 atom stereocenters. The summed E-state index contributed by atoms with van der Waals surface area (Å²) < 4.78 is 0. The Labute approximate surface area is 189 Å². The third-order valence-corrected chi connectivity index (χ3v) is 5.27. The SMILES string of the molecule is NC(=O)CCC(N)C(=O)NC(CO)C(=O)N1CCCC1C(=O)NC(Cc1cnc[nH]1)C(=O)O. The Morgan fingerprint density at radius 1 is 1.24 bits per heavy atom. The molecule has 33 heavy (non-hydrogen) atoms. The number of aliphatic hydroxyl groups excluding tert-OH is 1. The van der Waals surface area contributed by atoms with Crippen LogP contribution in [0.15, 0.2) is 12.5 Å². The maximum atomic E-state index is 12.9. The number of rotatable bonds is 12. The number of hydrogen-bond acceptors (Lipinski definition) is 8. The van der Waals surface area contributed by atoms with E-state index in [1.165, 1.54) is 17.4 Å². The molecule has 4 unspecified atom stereocenters. The molecule has 2 heterocycles. The number of carboxylic acid groups (broad SMARTS) is 1. The van der Waals surface area contributed by atoms with E-state index in [2.05, 4.69) is 20.6 Å². The molecule has 0 spiro atoms. The summed E-state index contributed by atoms with van der Waals surface area (Å²) in [5.74, 6) is -4.00. The maximum absolute atomic E-state index is 12.9. The van der Waals surface area contributed by atoms with Gasteiger partial charge in [-0.3, -0.25) is 19.2 Å². The minimum absolute atomic E-state index is 0.0275. The van der Waals surface area contributed by atoms with Gasteiger partial charge in [-0.1, -0.05) is 0 Å². The lowest BCUT2D eigenvalue weighted by Crippen LogP contribution is -2.58. The Kier molecular flexibility index (Phi) is 9.30. The highest BCUT2D eigenvalue weighted by molar-refractivity contribution is 5.94. The van der Waals surface area contributed by atoms with E-state index >= 15 is 0 Å². The molecular weight excluding hydrogens is 438 g/mol. The van der Waals surface area contributed by atoms with Crippen LogP contribution in [0, 0.1) is 0 Å². The Bertz CT molecular complexity index is 861. The first-order chi connectivity index (χ1) is 15.6. The average Bonchev–Trinajstić information content (AvgIpc) is 3.46. The zero-order valence-electron chi connectivity index (χ0n) is 17.9. The first-order valence-electron chi connectivity index (χ1n) is 10.4. The fraction of sp³-hybridized carbons (Fsp3) is 0.579. The third-order valence-electron chi connectivity index (χ3n) is 5.27. The molecule has 9 N–H and O–H groups in total. The number of aliphatic hydroxyl groups is 1. The van der Waals surface area contributed by atoms with Gasteiger partial charge in [0.25, 0.3) is 0 Å². The lowest BCUT2D eigenvalue weighted by atomic mass is 10.1. The average molecular weight is 467 g/mol. The van der Waals surface area contributed by atoms with Crippen molar-refractivity contribution in [3.05, 3.63) is 18.2 Å². The predicted molar refractivity (Wildman–Crippen MR) is 112 cm³/mol. The number of carbonyl (C=O) groups is 5. The van der Waals surface area contributed by atoms with E-state index in [1.54, 1.807) is 0 Å². The highest BCUT2D eigenvalue weighted by Crippen LogP contribution is 2.19. The minimum atomic E-state index is -1.36. The Hall–Kier alpha value is -3.52. The van der Waals surface area contributed by atoms with E-state index in [1.807, 2.05) is 0 Å². The summed E-state index contributed by atoms with van der Waals surface area (Å²) in [6.45, 7) is -0.551. The number of aromatic amines is 1. The first kappa shape index (κ1) is 25.7. The first-order valence-corrected chi connectivity index (χ1v) is 10.4. The lowest BCUT2D eigenvalue weighted by molar-refractivity contribution is -0.145. The topological polar surface area (TPSA) is 234 Å². The van der Waals surface area contributed by atoms with Gasteiger partial charge in [-0.05, 0) is 19.3 Å². The molecule has 2 rings (SSSR count). The Balaban J connectivity index is 2.01. The van der Waals surface area contributed by atoms with Crippen molar-refractivity contribution in [2.75, 3.05) is 13.2 Å². The minimum Gasteiger partial charge on any atom is -0.480 e. The number of aliphatic carboxylic acids is 1. The van der Waals surface area contributed by atoms with Crippen molar-refractivity contribution in [3.8, 4) is 0 Å². The number of likely N-dealkylation sites (tertiary alicyclic amines) is 1. The number of amides is 4. The molecule has 1 saturated heterocycles. The summed E-state index contributed by atoms with van der Waals surface area (Å²) in [7, 11) is 0. The quantitative estimate of drug-likeness (QED) is 0.162. The van der Waals surface area contributed by atoms with Gasteiger partial charge in [-0.25, -0.2) is 9.78 Å². The van der Waals surface area contributed by atoms with Crippen LogP contribution in [0.25, 0.3) is 0 Å². The summed E-state index contributed by atoms with van der Waals surface area (Å²) in [6.07, 6.45) is 3.41. The molecule has 14 nitrogen and oxygen atoms in total. The zero-order chi connectivity index (χ0) is 24.5. The second-order valence-corrected chi connectivity index (χ2v) is 7.73. The van der Waals surface area contributed by atoms with Crippen LogP contribution in [0.1, 0.15) is 31.4 Å². The summed E-state index contributed by atoms with van der Waals surface area (Å²) in [5, 5.41) is 23.8. The molecule has 0 aromatic carbocycles. The Morgan fingerprint density at radius 2 is 1.97 bits per heavy atom. The van der Waals surface area contributed by atoms with Gasteiger partial charge in [0, 0.05) is 31.3 Å². The zero-order valence-corrected chi connectivity index (χ0v) is 17.9. The Morgan fingerprint density at radius 3 is 2.55 bits per heavy atom. The summed E-state index contributed by atoms with van der Waals surface area (Å²) in [5.41, 5.74) is 11.2. The van der Waals surface area contributed by atoms with Gasteiger partial charge in [0.05, 0.1) is 19.0 Å². The van der Waals surface area contributed by atoms with Crippen molar-refractivity contribution in [2.45, 2.75) is 56.3 Å². The number of hydrogen-bond donors (Lipinski definition) is 7. The third kappa shape index (κ3) is 7.25. The van der Waals surface area contributed by atoms with Crippen LogP contribution >= 0.6 is 0 Å².